The van der Waals surface area contributed by atoms with E-state index < -0.39 is 5.41 Å². The number of nitrogens with two attached hydrogens (primary N) is 2. The van der Waals surface area contributed by atoms with Gasteiger partial charge >= 0.3 is 0 Å². The van der Waals surface area contributed by atoms with Crippen molar-refractivity contribution in [2.75, 3.05) is 0 Å². The molecule has 0 spiro atoms. The van der Waals surface area contributed by atoms with Gasteiger partial charge in [-0.15, -0.1) is 0 Å². The highest BCUT2D eigenvalue weighted by molar-refractivity contribution is 5.52. The zero-order chi connectivity index (χ0) is 18.2. The van der Waals surface area contributed by atoms with Crippen LogP contribution < -0.4 is 11.6 Å². The third-order valence-corrected chi connectivity index (χ3v) is 4.40. The lowest BCUT2D eigenvalue weighted by molar-refractivity contribution is 0.379. The first-order valence-electron chi connectivity index (χ1n) is 8.64. The molecule has 2 heterocycles. The van der Waals surface area contributed by atoms with Gasteiger partial charge in [-0.05, 0) is 57.1 Å². The van der Waals surface area contributed by atoms with Crippen LogP contribution in [0.4, 0.5) is 0 Å². The maximum Gasteiger partial charge on any atom is 0.140 e. The topological polar surface area (TPSA) is 96.4 Å². The Balaban J connectivity index is 1.98. The monoisotopic (exact) mass is 338 g/mol. The molecule has 0 bridgehead atoms. The van der Waals surface area contributed by atoms with Gasteiger partial charge in [0.15, 0.2) is 0 Å². The molecule has 3 rings (SSSR count). The van der Waals surface area contributed by atoms with Crippen LogP contribution >= 0.6 is 0 Å². The molecule has 2 aromatic rings. The lowest BCUT2D eigenvalue weighted by Gasteiger charge is -2.16. The maximum atomic E-state index is 9.41. The number of hydrazine groups is 1. The fraction of sp³-hybridized carbons (Fsp3) is 0.474. The summed E-state index contributed by atoms with van der Waals surface area (Å²) in [5.41, 5.74) is 10.1. The summed E-state index contributed by atoms with van der Waals surface area (Å²) in [6.45, 7) is 6.21. The summed E-state index contributed by atoms with van der Waals surface area (Å²) in [6, 6.07) is 4.62. The predicted octanol–water partition coefficient (Wildman–Crippen LogP) is 2.80. The highest BCUT2D eigenvalue weighted by Gasteiger charge is 2.27. The van der Waals surface area contributed by atoms with E-state index in [9.17, 15) is 5.26 Å². The van der Waals surface area contributed by atoms with E-state index in [1.54, 1.807) is 13.1 Å². The van der Waals surface area contributed by atoms with E-state index in [2.05, 4.69) is 22.7 Å². The Morgan fingerprint density at radius 2 is 2.20 bits per heavy atom. The second kappa shape index (κ2) is 6.41. The summed E-state index contributed by atoms with van der Waals surface area (Å²) < 4.78 is 2.08. The highest BCUT2D eigenvalue weighted by atomic mass is 15.4. The van der Waals surface area contributed by atoms with Gasteiger partial charge in [0, 0.05) is 24.3 Å². The maximum absolute atomic E-state index is 9.41. The molecule has 0 aromatic carbocycles. The first-order valence-corrected chi connectivity index (χ1v) is 8.64. The second-order valence-corrected chi connectivity index (χ2v) is 7.75. The molecule has 4 N–H and O–H groups in total. The van der Waals surface area contributed by atoms with Gasteiger partial charge < -0.3 is 15.1 Å². The van der Waals surface area contributed by atoms with E-state index in [1.807, 2.05) is 20.0 Å². The molecule has 2 aromatic heterocycles. The molecular formula is C19H26N6. The predicted molar refractivity (Wildman–Crippen MR) is 97.9 cm³/mol. The average molecular weight is 338 g/mol. The van der Waals surface area contributed by atoms with E-state index in [4.69, 9.17) is 16.6 Å². The first-order chi connectivity index (χ1) is 11.8. The van der Waals surface area contributed by atoms with Gasteiger partial charge in [-0.1, -0.05) is 6.07 Å². The molecule has 0 unspecified atom stereocenters. The molecule has 0 atom stereocenters. The zero-order valence-corrected chi connectivity index (χ0v) is 15.2. The number of allylic oxidation sites excluding steroid dienone is 1. The van der Waals surface area contributed by atoms with Crippen LogP contribution in [0.15, 0.2) is 30.4 Å². The van der Waals surface area contributed by atoms with Crippen molar-refractivity contribution < 1.29 is 0 Å². The molecule has 0 amide bonds. The first kappa shape index (κ1) is 17.3. The molecular weight excluding hydrogens is 312 g/mol. The number of aromatic nitrogens is 2. The van der Waals surface area contributed by atoms with E-state index in [1.165, 1.54) is 23.4 Å². The number of pyridine rings is 1. The van der Waals surface area contributed by atoms with Gasteiger partial charge in [0.05, 0.1) is 23.7 Å². The third-order valence-electron chi connectivity index (χ3n) is 4.40. The van der Waals surface area contributed by atoms with E-state index >= 15 is 0 Å². The lowest BCUT2D eigenvalue weighted by Crippen LogP contribution is -2.25. The highest BCUT2D eigenvalue weighted by Crippen LogP contribution is 2.41. The molecule has 1 fully saturated rings. The Kier molecular flexibility index (Phi) is 4.44. The number of fused-ring (bicyclic) bond motifs is 1. The normalized spacial score (nSPS) is 15.4. The second-order valence-electron chi connectivity index (χ2n) is 7.75. The number of rotatable bonds is 6. The van der Waals surface area contributed by atoms with Gasteiger partial charge in [0.2, 0.25) is 0 Å². The molecule has 25 heavy (non-hydrogen) atoms. The van der Waals surface area contributed by atoms with Gasteiger partial charge in [-0.2, -0.15) is 5.26 Å². The van der Waals surface area contributed by atoms with Crippen LogP contribution in [0.3, 0.4) is 0 Å². The quantitative estimate of drug-likeness (QED) is 0.623. The number of imidazole rings is 1. The lowest BCUT2D eigenvalue weighted by atomic mass is 9.87. The van der Waals surface area contributed by atoms with Crippen molar-refractivity contribution in [2.24, 2.45) is 17.0 Å². The van der Waals surface area contributed by atoms with E-state index in [0.29, 0.717) is 24.6 Å². The Hall–Kier alpha value is -2.52. The summed E-state index contributed by atoms with van der Waals surface area (Å²) in [5, 5.41) is 10.9. The van der Waals surface area contributed by atoms with Crippen molar-refractivity contribution in [1.82, 2.24) is 14.4 Å². The van der Waals surface area contributed by atoms with E-state index in [0.717, 1.165) is 16.9 Å². The van der Waals surface area contributed by atoms with Crippen LogP contribution in [0.5, 0.6) is 0 Å². The Morgan fingerprint density at radius 3 is 2.80 bits per heavy atom. The van der Waals surface area contributed by atoms with Crippen LogP contribution in [-0.2, 0) is 13.0 Å². The number of nitriles is 1. The Bertz CT molecular complexity index is 847. The van der Waals surface area contributed by atoms with Gasteiger partial charge in [-0.3, -0.25) is 0 Å². The molecule has 1 aliphatic carbocycles. The molecule has 0 aliphatic heterocycles. The largest absolute Gasteiger partial charge is 0.401 e. The number of nitrogens with zero attached hydrogens (tertiary/aromatic N) is 4. The minimum atomic E-state index is -0.423. The fourth-order valence-corrected chi connectivity index (χ4v) is 3.10. The average Bonchev–Trinajstić information content (AvgIpc) is 3.27. The van der Waals surface area contributed by atoms with Crippen LogP contribution in [0.2, 0.25) is 0 Å². The minimum Gasteiger partial charge on any atom is -0.401 e. The summed E-state index contributed by atoms with van der Waals surface area (Å²) in [4.78, 5) is 4.76. The summed E-state index contributed by atoms with van der Waals surface area (Å²) in [5.74, 6) is 6.61. The molecule has 6 heteroatoms. The van der Waals surface area contributed by atoms with Crippen LogP contribution in [0.25, 0.3) is 5.65 Å². The van der Waals surface area contributed by atoms with Crippen molar-refractivity contribution in [2.45, 2.75) is 52.5 Å². The van der Waals surface area contributed by atoms with Gasteiger partial charge in [-0.25, -0.2) is 10.8 Å². The molecule has 1 aliphatic rings. The zero-order valence-electron chi connectivity index (χ0n) is 15.2. The standard InChI is InChI=1S/C19H26N6/c1-13(21)8-25(22)11-17-10-24-9-16(14-4-5-14)6-15(18(24)23-17)7-19(2,3)12-20/h6,8-10,14H,4-5,7,11,21-22H2,1-3H3/b13-8-. The van der Waals surface area contributed by atoms with Crippen molar-refractivity contribution in [3.8, 4) is 6.07 Å². The molecule has 0 saturated heterocycles. The molecule has 132 valence electrons. The molecule has 6 nitrogen and oxygen atoms in total. The smallest absolute Gasteiger partial charge is 0.140 e. The Labute approximate surface area is 148 Å². The number of hydrogen-bond donors (Lipinski definition) is 2. The summed E-state index contributed by atoms with van der Waals surface area (Å²) in [6.07, 6.45) is 9.04. The van der Waals surface area contributed by atoms with E-state index in [-0.39, 0.29) is 0 Å². The van der Waals surface area contributed by atoms with Crippen molar-refractivity contribution in [1.29, 1.82) is 5.26 Å². The van der Waals surface area contributed by atoms with Crippen molar-refractivity contribution >= 4 is 5.65 Å². The van der Waals surface area contributed by atoms with Crippen molar-refractivity contribution in [3.05, 3.63) is 47.2 Å². The summed E-state index contributed by atoms with van der Waals surface area (Å²) in [7, 11) is 0. The third kappa shape index (κ3) is 4.12. The van der Waals surface area contributed by atoms with Crippen LogP contribution in [-0.4, -0.2) is 14.4 Å². The molecule has 1 saturated carbocycles. The van der Waals surface area contributed by atoms with Crippen LogP contribution in [0.1, 0.15) is 56.4 Å². The number of hydrogen-bond acceptors (Lipinski definition) is 5. The van der Waals surface area contributed by atoms with Crippen molar-refractivity contribution in [3.63, 3.8) is 0 Å². The van der Waals surface area contributed by atoms with Gasteiger partial charge in [0.1, 0.15) is 5.65 Å². The van der Waals surface area contributed by atoms with Crippen LogP contribution in [0, 0.1) is 16.7 Å². The summed E-state index contributed by atoms with van der Waals surface area (Å²) >= 11 is 0. The molecule has 0 radical (unpaired) electrons. The fourth-order valence-electron chi connectivity index (χ4n) is 3.10. The SMILES string of the molecule is C/C(N)=C/N(N)Cc1cn2cc(C3CC3)cc(CC(C)(C)C#N)c2n1. The minimum absolute atomic E-state index is 0.423. The van der Waals surface area contributed by atoms with Gasteiger partial charge in [0.25, 0.3) is 0 Å². The Morgan fingerprint density at radius 1 is 1.48 bits per heavy atom.